The van der Waals surface area contributed by atoms with Crippen molar-refractivity contribution in [3.8, 4) is 22.6 Å². The predicted octanol–water partition coefficient (Wildman–Crippen LogP) is 6.95. The summed E-state index contributed by atoms with van der Waals surface area (Å²) in [5.74, 6) is -0.123. The summed E-state index contributed by atoms with van der Waals surface area (Å²) in [7, 11) is 0. The second-order valence-corrected chi connectivity index (χ2v) is 9.02. The minimum Gasteiger partial charge on any atom is -0.487 e. The van der Waals surface area contributed by atoms with Crippen molar-refractivity contribution in [3.05, 3.63) is 93.2 Å². The standard InChI is InChI=1S/C26H23Cl2N3O3/c1-15(2)24-23(31(30-29-24)25-21(27)5-4-6-22(25)28)14-34-19-11-12-20(16(3)13-19)17-7-9-18(10-8-17)26(32)33/h4-13,15H,14H2,1-3H3,(H,32,33). The quantitative estimate of drug-likeness (QED) is 0.300. The summed E-state index contributed by atoms with van der Waals surface area (Å²) < 4.78 is 7.78. The molecule has 0 aliphatic carbocycles. The Morgan fingerprint density at radius 2 is 1.74 bits per heavy atom. The van der Waals surface area contributed by atoms with Crippen molar-refractivity contribution in [2.24, 2.45) is 0 Å². The summed E-state index contributed by atoms with van der Waals surface area (Å²) in [6, 6.07) is 17.9. The molecule has 3 aromatic carbocycles. The first-order valence-corrected chi connectivity index (χ1v) is 11.5. The van der Waals surface area contributed by atoms with Gasteiger partial charge in [-0.3, -0.25) is 0 Å². The van der Waals surface area contributed by atoms with Crippen LogP contribution >= 0.6 is 23.2 Å². The van der Waals surface area contributed by atoms with Gasteiger partial charge < -0.3 is 9.84 Å². The number of carboxylic acids is 1. The van der Waals surface area contributed by atoms with Crippen LogP contribution in [-0.2, 0) is 6.61 Å². The SMILES string of the molecule is Cc1cc(OCc2c(C(C)C)nnn2-c2c(Cl)cccc2Cl)ccc1-c1ccc(C(=O)O)cc1. The molecule has 0 saturated heterocycles. The molecular formula is C26H23Cl2N3O3. The first-order valence-electron chi connectivity index (χ1n) is 10.7. The van der Waals surface area contributed by atoms with E-state index < -0.39 is 5.97 Å². The Balaban J connectivity index is 1.61. The molecule has 0 aliphatic rings. The lowest BCUT2D eigenvalue weighted by Crippen LogP contribution is -2.09. The van der Waals surface area contributed by atoms with Crippen LogP contribution in [0.5, 0.6) is 5.75 Å². The molecule has 0 amide bonds. The number of rotatable bonds is 7. The number of para-hydroxylation sites is 1. The normalized spacial score (nSPS) is 11.1. The van der Waals surface area contributed by atoms with Crippen molar-refractivity contribution in [2.75, 3.05) is 0 Å². The van der Waals surface area contributed by atoms with Gasteiger partial charge in [-0.25, -0.2) is 9.48 Å². The molecular weight excluding hydrogens is 473 g/mol. The van der Waals surface area contributed by atoms with Crippen LogP contribution < -0.4 is 4.74 Å². The molecule has 1 aromatic heterocycles. The topological polar surface area (TPSA) is 77.2 Å². The molecule has 4 aromatic rings. The van der Waals surface area contributed by atoms with E-state index >= 15 is 0 Å². The van der Waals surface area contributed by atoms with Crippen molar-refractivity contribution in [2.45, 2.75) is 33.3 Å². The number of aromatic nitrogens is 3. The van der Waals surface area contributed by atoms with E-state index in [2.05, 4.69) is 10.3 Å². The Morgan fingerprint density at radius 1 is 1.06 bits per heavy atom. The molecule has 0 aliphatic heterocycles. The van der Waals surface area contributed by atoms with Crippen molar-refractivity contribution >= 4 is 29.2 Å². The lowest BCUT2D eigenvalue weighted by molar-refractivity contribution is 0.0697. The van der Waals surface area contributed by atoms with E-state index in [0.29, 0.717) is 21.5 Å². The van der Waals surface area contributed by atoms with Gasteiger partial charge in [0.2, 0.25) is 0 Å². The predicted molar refractivity (Wildman–Crippen MR) is 133 cm³/mol. The minimum absolute atomic E-state index is 0.131. The molecule has 0 saturated carbocycles. The Labute approximate surface area is 207 Å². The van der Waals surface area contributed by atoms with E-state index in [9.17, 15) is 4.79 Å². The zero-order valence-electron chi connectivity index (χ0n) is 18.9. The molecule has 8 heteroatoms. The van der Waals surface area contributed by atoms with Gasteiger partial charge in [-0.15, -0.1) is 5.10 Å². The van der Waals surface area contributed by atoms with Crippen LogP contribution in [0.25, 0.3) is 16.8 Å². The summed E-state index contributed by atoms with van der Waals surface area (Å²) in [4.78, 5) is 11.1. The third kappa shape index (κ3) is 4.79. The molecule has 0 atom stereocenters. The first-order chi connectivity index (χ1) is 16.3. The van der Waals surface area contributed by atoms with Crippen LogP contribution in [0.1, 0.15) is 47.1 Å². The summed E-state index contributed by atoms with van der Waals surface area (Å²) in [5.41, 5.74) is 5.35. The molecule has 0 fully saturated rings. The maximum Gasteiger partial charge on any atom is 0.335 e. The van der Waals surface area contributed by atoms with Crippen LogP contribution in [-0.4, -0.2) is 26.1 Å². The lowest BCUT2D eigenvalue weighted by Gasteiger charge is -2.14. The Morgan fingerprint density at radius 3 is 2.32 bits per heavy atom. The third-order valence-electron chi connectivity index (χ3n) is 5.51. The number of aromatic carboxylic acids is 1. The Kier molecular flexibility index (Phi) is 6.91. The van der Waals surface area contributed by atoms with Crippen molar-refractivity contribution in [1.82, 2.24) is 15.0 Å². The molecule has 0 radical (unpaired) electrons. The number of hydrogen-bond donors (Lipinski definition) is 1. The minimum atomic E-state index is -0.945. The van der Waals surface area contributed by atoms with Gasteiger partial charge in [-0.05, 0) is 65.9 Å². The molecule has 0 bridgehead atoms. The zero-order chi connectivity index (χ0) is 24.4. The zero-order valence-corrected chi connectivity index (χ0v) is 20.4. The lowest BCUT2D eigenvalue weighted by atomic mass is 9.99. The van der Waals surface area contributed by atoms with Crippen molar-refractivity contribution in [3.63, 3.8) is 0 Å². The molecule has 4 rings (SSSR count). The number of aryl methyl sites for hydroxylation is 1. The number of nitrogens with zero attached hydrogens (tertiary/aromatic N) is 3. The van der Waals surface area contributed by atoms with E-state index in [-0.39, 0.29) is 18.1 Å². The largest absolute Gasteiger partial charge is 0.487 e. The highest BCUT2D eigenvalue weighted by Gasteiger charge is 2.21. The van der Waals surface area contributed by atoms with E-state index in [1.165, 1.54) is 0 Å². The molecule has 34 heavy (non-hydrogen) atoms. The first kappa shape index (κ1) is 23.8. The molecule has 0 unspecified atom stereocenters. The second-order valence-electron chi connectivity index (χ2n) is 8.21. The highest BCUT2D eigenvalue weighted by atomic mass is 35.5. The number of ether oxygens (including phenoxy) is 1. The summed E-state index contributed by atoms with van der Waals surface area (Å²) >= 11 is 12.8. The number of benzene rings is 3. The average Bonchev–Trinajstić information content (AvgIpc) is 3.21. The van der Waals surface area contributed by atoms with Gasteiger partial charge in [0.25, 0.3) is 0 Å². The highest BCUT2D eigenvalue weighted by molar-refractivity contribution is 6.37. The Hall–Kier alpha value is -3.35. The van der Waals surface area contributed by atoms with Crippen molar-refractivity contribution < 1.29 is 14.6 Å². The molecule has 0 spiro atoms. The van der Waals surface area contributed by atoms with Gasteiger partial charge >= 0.3 is 5.97 Å². The number of hydrogen-bond acceptors (Lipinski definition) is 4. The number of carbonyl (C=O) groups is 1. The van der Waals surface area contributed by atoms with Gasteiger partial charge in [0.1, 0.15) is 23.7 Å². The van der Waals surface area contributed by atoms with E-state index in [1.54, 1.807) is 47.1 Å². The maximum absolute atomic E-state index is 11.1. The van der Waals surface area contributed by atoms with Gasteiger partial charge in [0.05, 0.1) is 21.3 Å². The van der Waals surface area contributed by atoms with Gasteiger partial charge in [-0.2, -0.15) is 0 Å². The Bertz CT molecular complexity index is 1330. The monoisotopic (exact) mass is 495 g/mol. The molecule has 6 nitrogen and oxygen atoms in total. The maximum atomic E-state index is 11.1. The average molecular weight is 496 g/mol. The van der Waals surface area contributed by atoms with Crippen LogP contribution in [0.4, 0.5) is 0 Å². The van der Waals surface area contributed by atoms with Gasteiger partial charge in [-0.1, -0.05) is 66.5 Å². The van der Waals surface area contributed by atoms with Crippen LogP contribution in [0.2, 0.25) is 10.0 Å². The second kappa shape index (κ2) is 9.87. The van der Waals surface area contributed by atoms with E-state index in [4.69, 9.17) is 33.0 Å². The smallest absolute Gasteiger partial charge is 0.335 e. The fourth-order valence-electron chi connectivity index (χ4n) is 3.76. The molecule has 174 valence electrons. The summed E-state index contributed by atoms with van der Waals surface area (Å²) in [6.45, 7) is 6.30. The number of halogens is 2. The van der Waals surface area contributed by atoms with E-state index in [1.807, 2.05) is 39.0 Å². The fourth-order valence-corrected chi connectivity index (χ4v) is 4.32. The van der Waals surface area contributed by atoms with Gasteiger partial charge in [0, 0.05) is 0 Å². The van der Waals surface area contributed by atoms with Crippen LogP contribution in [0.15, 0.2) is 60.7 Å². The summed E-state index contributed by atoms with van der Waals surface area (Å²) in [6.07, 6.45) is 0. The van der Waals surface area contributed by atoms with Gasteiger partial charge in [0.15, 0.2) is 0 Å². The molecule has 1 heterocycles. The highest BCUT2D eigenvalue weighted by Crippen LogP contribution is 2.32. The van der Waals surface area contributed by atoms with E-state index in [0.717, 1.165) is 28.1 Å². The third-order valence-corrected chi connectivity index (χ3v) is 6.12. The van der Waals surface area contributed by atoms with Crippen LogP contribution in [0.3, 0.4) is 0 Å². The van der Waals surface area contributed by atoms with Crippen LogP contribution in [0, 0.1) is 6.92 Å². The molecule has 1 N–H and O–H groups in total. The van der Waals surface area contributed by atoms with Crippen molar-refractivity contribution in [1.29, 1.82) is 0 Å². The number of carboxylic acid groups (broad SMARTS) is 1. The fraction of sp³-hybridized carbons (Fsp3) is 0.192. The summed E-state index contributed by atoms with van der Waals surface area (Å²) in [5, 5.41) is 18.7.